The van der Waals surface area contributed by atoms with Gasteiger partial charge < -0.3 is 19.0 Å². The minimum absolute atomic E-state index is 0.0110. The molecule has 2 fully saturated rings. The van der Waals surface area contributed by atoms with Gasteiger partial charge in [0.05, 0.1) is 18.5 Å². The molecule has 0 aromatic carbocycles. The van der Waals surface area contributed by atoms with E-state index in [1.807, 2.05) is 32.9 Å². The maximum Gasteiger partial charge on any atom is 0.335 e. The molecule has 4 rings (SSSR count). The molecule has 5 atom stereocenters. The van der Waals surface area contributed by atoms with Gasteiger partial charge in [-0.3, -0.25) is 0 Å². The zero-order chi connectivity index (χ0) is 21.9. The molecule has 5 heteroatoms. The van der Waals surface area contributed by atoms with E-state index < -0.39 is 5.60 Å². The minimum Gasteiger partial charge on any atom is -0.463 e. The molecule has 0 amide bonds. The second kappa shape index (κ2) is 7.10. The van der Waals surface area contributed by atoms with Crippen molar-refractivity contribution in [3.05, 3.63) is 47.1 Å². The molecule has 2 aliphatic carbocycles. The van der Waals surface area contributed by atoms with Crippen LogP contribution in [0.25, 0.3) is 0 Å². The summed E-state index contributed by atoms with van der Waals surface area (Å²) in [6, 6.07) is 2.03. The third-order valence-corrected chi connectivity index (χ3v) is 7.59. The largest absolute Gasteiger partial charge is 0.463 e. The van der Waals surface area contributed by atoms with E-state index in [1.165, 1.54) is 12.3 Å². The third-order valence-electron chi connectivity index (χ3n) is 7.59. The average molecular weight is 415 g/mol. The van der Waals surface area contributed by atoms with Gasteiger partial charge in [-0.1, -0.05) is 12.5 Å². The van der Waals surface area contributed by atoms with E-state index >= 15 is 0 Å². The van der Waals surface area contributed by atoms with E-state index in [1.54, 1.807) is 0 Å². The Morgan fingerprint density at radius 3 is 2.70 bits per heavy atom. The van der Waals surface area contributed by atoms with Crippen LogP contribution in [0.5, 0.6) is 0 Å². The summed E-state index contributed by atoms with van der Waals surface area (Å²) in [5, 5.41) is 11.9. The van der Waals surface area contributed by atoms with Crippen molar-refractivity contribution in [2.24, 2.45) is 17.3 Å². The first kappa shape index (κ1) is 21.4. The number of furan rings is 1. The molecule has 2 bridgehead atoms. The molecule has 5 unspecified atom stereocenters. The van der Waals surface area contributed by atoms with Gasteiger partial charge in [-0.05, 0) is 77.4 Å². The van der Waals surface area contributed by atoms with Crippen molar-refractivity contribution in [3.63, 3.8) is 0 Å². The molecular weight excluding hydrogens is 380 g/mol. The Morgan fingerprint density at radius 2 is 2.00 bits per heavy atom. The quantitative estimate of drug-likeness (QED) is 0.422. The maximum atomic E-state index is 12.0. The van der Waals surface area contributed by atoms with Crippen molar-refractivity contribution < 1.29 is 23.8 Å². The van der Waals surface area contributed by atoms with Gasteiger partial charge in [0.1, 0.15) is 17.1 Å². The van der Waals surface area contributed by atoms with Crippen LogP contribution in [0.4, 0.5) is 0 Å². The van der Waals surface area contributed by atoms with Crippen molar-refractivity contribution >= 4 is 5.97 Å². The summed E-state index contributed by atoms with van der Waals surface area (Å²) in [7, 11) is 0. The number of hydrogen-bond acceptors (Lipinski definition) is 5. The number of aliphatic hydroxyl groups is 1. The lowest BCUT2D eigenvalue weighted by Gasteiger charge is -2.56. The van der Waals surface area contributed by atoms with Crippen LogP contribution in [0.2, 0.25) is 0 Å². The molecule has 0 spiro atoms. The Balaban J connectivity index is 1.76. The number of aryl methyl sites for hydroxylation is 1. The van der Waals surface area contributed by atoms with Crippen molar-refractivity contribution in [1.29, 1.82) is 0 Å². The van der Waals surface area contributed by atoms with Gasteiger partial charge in [-0.25, -0.2) is 4.79 Å². The van der Waals surface area contributed by atoms with Gasteiger partial charge in [0.2, 0.25) is 0 Å². The topological polar surface area (TPSA) is 68.9 Å². The maximum absolute atomic E-state index is 12.0. The molecule has 2 heterocycles. The van der Waals surface area contributed by atoms with Gasteiger partial charge in [-0.2, -0.15) is 0 Å². The highest BCUT2D eigenvalue weighted by molar-refractivity contribution is 5.83. The van der Waals surface area contributed by atoms with Crippen LogP contribution in [-0.4, -0.2) is 23.3 Å². The average Bonchev–Trinajstić information content (AvgIpc) is 3.01. The Morgan fingerprint density at radius 1 is 1.27 bits per heavy atom. The lowest BCUT2D eigenvalue weighted by Crippen LogP contribution is -2.58. The fourth-order valence-electron chi connectivity index (χ4n) is 6.06. The summed E-state index contributed by atoms with van der Waals surface area (Å²) in [4.78, 5) is 12.0. The number of carbonyl (C=O) groups excluding carboxylic acids is 1. The van der Waals surface area contributed by atoms with Crippen molar-refractivity contribution in [2.75, 3.05) is 6.61 Å². The van der Waals surface area contributed by atoms with Crippen LogP contribution in [-0.2, 0) is 19.9 Å². The Bertz CT molecular complexity index is 903. The van der Waals surface area contributed by atoms with Crippen molar-refractivity contribution in [1.82, 2.24) is 0 Å². The fourth-order valence-corrected chi connectivity index (χ4v) is 6.06. The van der Waals surface area contributed by atoms with Crippen LogP contribution in [0.3, 0.4) is 0 Å². The fraction of sp³-hybridized carbons (Fsp3) is 0.640. The standard InChI is InChI=1S/C25H34O5/c1-15(2)11-21(26)28-10-8-18-17-12-16(3)30-22(17)25(27)14-29-23(4,5)19-7-9-24(18,6)13-20(19)25/h8,10-12,18-20,27H,7,9,13-14H2,1-6H3. The van der Waals surface area contributed by atoms with Crippen molar-refractivity contribution in [3.8, 4) is 0 Å². The van der Waals surface area contributed by atoms with E-state index in [2.05, 4.69) is 20.8 Å². The predicted molar refractivity (Wildman–Crippen MR) is 114 cm³/mol. The van der Waals surface area contributed by atoms with Gasteiger partial charge in [0, 0.05) is 23.5 Å². The zero-order valence-corrected chi connectivity index (χ0v) is 19.0. The molecule has 3 aliphatic rings. The SMILES string of the molecule is CC(C)=CC(=O)OC=CC1c2cc(C)oc2C2(O)COC(C)(C)C3CCC1(C)CC32. The van der Waals surface area contributed by atoms with Crippen LogP contribution >= 0.6 is 0 Å². The lowest BCUT2D eigenvalue weighted by molar-refractivity contribution is -0.247. The van der Waals surface area contributed by atoms with E-state index in [4.69, 9.17) is 13.9 Å². The molecule has 5 nitrogen and oxygen atoms in total. The Hall–Kier alpha value is -1.85. The number of fused-ring (bicyclic) bond motifs is 3. The van der Waals surface area contributed by atoms with Crippen molar-refractivity contribution in [2.45, 2.75) is 77.9 Å². The van der Waals surface area contributed by atoms with E-state index in [-0.39, 0.29) is 41.3 Å². The smallest absolute Gasteiger partial charge is 0.335 e. The van der Waals surface area contributed by atoms with Crippen LogP contribution in [0, 0.1) is 24.2 Å². The number of ether oxygens (including phenoxy) is 2. The predicted octanol–water partition coefficient (Wildman–Crippen LogP) is 5.13. The molecule has 164 valence electrons. The molecule has 0 radical (unpaired) electrons. The van der Waals surface area contributed by atoms with Gasteiger partial charge in [0.25, 0.3) is 0 Å². The molecule has 1 saturated carbocycles. The highest BCUT2D eigenvalue weighted by Gasteiger charge is 2.62. The van der Waals surface area contributed by atoms with E-state index in [0.717, 1.165) is 36.2 Å². The summed E-state index contributed by atoms with van der Waals surface area (Å²) in [6.45, 7) is 12.4. The van der Waals surface area contributed by atoms with Gasteiger partial charge in [-0.15, -0.1) is 0 Å². The Kier molecular flexibility index (Phi) is 5.06. The summed E-state index contributed by atoms with van der Waals surface area (Å²) < 4.78 is 17.7. The van der Waals surface area contributed by atoms with E-state index in [9.17, 15) is 9.90 Å². The normalized spacial score (nSPS) is 36.7. The van der Waals surface area contributed by atoms with Crippen LogP contribution in [0.1, 0.15) is 76.9 Å². The lowest BCUT2D eigenvalue weighted by atomic mass is 9.55. The monoisotopic (exact) mass is 414 g/mol. The summed E-state index contributed by atoms with van der Waals surface area (Å²) in [5.41, 5.74) is 0.416. The van der Waals surface area contributed by atoms with E-state index in [0.29, 0.717) is 5.76 Å². The number of esters is 1. The van der Waals surface area contributed by atoms with Crippen LogP contribution in [0.15, 0.2) is 34.5 Å². The minimum atomic E-state index is -1.13. The molecule has 30 heavy (non-hydrogen) atoms. The number of carbonyl (C=O) groups is 1. The Labute approximate surface area is 179 Å². The number of rotatable bonds is 3. The van der Waals surface area contributed by atoms with Gasteiger partial charge in [0.15, 0.2) is 0 Å². The molecule has 1 N–H and O–H groups in total. The third kappa shape index (κ3) is 3.36. The summed E-state index contributed by atoms with van der Waals surface area (Å²) >= 11 is 0. The first-order chi connectivity index (χ1) is 14.0. The molecular formula is C25H34O5. The van der Waals surface area contributed by atoms with Gasteiger partial charge >= 0.3 is 5.97 Å². The highest BCUT2D eigenvalue weighted by atomic mass is 16.5. The molecule has 1 aliphatic heterocycles. The van der Waals surface area contributed by atoms with Crippen LogP contribution < -0.4 is 0 Å². The number of allylic oxidation sites excluding steroid dienone is 2. The second-order valence-electron chi connectivity index (χ2n) is 10.5. The molecule has 1 aromatic rings. The number of hydrogen-bond donors (Lipinski definition) is 1. The highest BCUT2D eigenvalue weighted by Crippen LogP contribution is 2.63. The second-order valence-corrected chi connectivity index (χ2v) is 10.5. The molecule has 1 aromatic heterocycles. The molecule has 1 saturated heterocycles. The first-order valence-corrected chi connectivity index (χ1v) is 11.0. The zero-order valence-electron chi connectivity index (χ0n) is 19.0. The summed E-state index contributed by atoms with van der Waals surface area (Å²) in [6.07, 6.45) is 7.84. The summed E-state index contributed by atoms with van der Waals surface area (Å²) in [5.74, 6) is 1.35. The first-order valence-electron chi connectivity index (χ1n) is 11.0.